The fourth-order valence-electron chi connectivity index (χ4n) is 3.30. The second-order valence-corrected chi connectivity index (χ2v) is 5.85. The zero-order valence-electron chi connectivity index (χ0n) is 11.9. The number of hydrogen-bond acceptors (Lipinski definition) is 3. The van der Waals surface area contributed by atoms with Crippen LogP contribution in [0.2, 0.25) is 0 Å². The number of anilines is 1. The van der Waals surface area contributed by atoms with Crippen molar-refractivity contribution in [2.45, 2.75) is 31.7 Å². The lowest BCUT2D eigenvalue weighted by Gasteiger charge is -2.23. The Bertz CT molecular complexity index is 552. The van der Waals surface area contributed by atoms with Crippen molar-refractivity contribution in [3.8, 4) is 0 Å². The van der Waals surface area contributed by atoms with Gasteiger partial charge in [0, 0.05) is 18.5 Å². The average molecular weight is 288 g/mol. The molecule has 0 radical (unpaired) electrons. The molecule has 0 aliphatic carbocycles. The maximum atomic E-state index is 12.5. The van der Waals surface area contributed by atoms with E-state index in [1.54, 1.807) is 0 Å². The van der Waals surface area contributed by atoms with Crippen LogP contribution in [0.4, 0.5) is 5.69 Å². The summed E-state index contributed by atoms with van der Waals surface area (Å²) >= 11 is 0. The van der Waals surface area contributed by atoms with Gasteiger partial charge in [-0.3, -0.25) is 9.69 Å². The van der Waals surface area contributed by atoms with Gasteiger partial charge in [-0.15, -0.1) is 0 Å². The van der Waals surface area contributed by atoms with Crippen molar-refractivity contribution in [3.05, 3.63) is 29.8 Å². The molecule has 5 heteroatoms. The van der Waals surface area contributed by atoms with Crippen LogP contribution in [0.5, 0.6) is 0 Å². The Morgan fingerprint density at radius 3 is 2.86 bits per heavy atom. The van der Waals surface area contributed by atoms with Crippen LogP contribution in [-0.4, -0.2) is 36.1 Å². The summed E-state index contributed by atoms with van der Waals surface area (Å²) in [6.07, 6.45) is 2.76. The van der Waals surface area contributed by atoms with Crippen molar-refractivity contribution in [2.75, 3.05) is 18.0 Å². The molecule has 5 nitrogen and oxygen atoms in total. The Hall–Kier alpha value is -1.88. The van der Waals surface area contributed by atoms with Gasteiger partial charge >= 0.3 is 5.97 Å². The predicted molar refractivity (Wildman–Crippen MR) is 79.3 cm³/mol. The van der Waals surface area contributed by atoms with E-state index in [-0.39, 0.29) is 5.91 Å². The van der Waals surface area contributed by atoms with Crippen LogP contribution in [0.25, 0.3) is 0 Å². The van der Waals surface area contributed by atoms with Gasteiger partial charge < -0.3 is 10.4 Å². The van der Waals surface area contributed by atoms with E-state index in [0.29, 0.717) is 18.8 Å². The Labute approximate surface area is 123 Å². The SMILES string of the molecule is O=C(O)[C@@H]1Cc2ccccc2N1C(=O)CCC1CCNC1. The molecule has 2 N–H and O–H groups in total. The van der Waals surface area contributed by atoms with Gasteiger partial charge in [0.15, 0.2) is 0 Å². The molecule has 1 saturated heterocycles. The lowest BCUT2D eigenvalue weighted by molar-refractivity contribution is -0.139. The third-order valence-corrected chi connectivity index (χ3v) is 4.46. The third-order valence-electron chi connectivity index (χ3n) is 4.46. The zero-order valence-corrected chi connectivity index (χ0v) is 11.9. The summed E-state index contributed by atoms with van der Waals surface area (Å²) in [7, 11) is 0. The molecule has 1 aromatic rings. The monoisotopic (exact) mass is 288 g/mol. The Balaban J connectivity index is 1.73. The maximum Gasteiger partial charge on any atom is 0.327 e. The molecule has 1 fully saturated rings. The van der Waals surface area contributed by atoms with Crippen LogP contribution in [0.1, 0.15) is 24.8 Å². The molecule has 2 heterocycles. The van der Waals surface area contributed by atoms with Crippen molar-refractivity contribution < 1.29 is 14.7 Å². The molecule has 2 atom stereocenters. The summed E-state index contributed by atoms with van der Waals surface area (Å²) in [6, 6.07) is 6.73. The fraction of sp³-hybridized carbons (Fsp3) is 0.500. The maximum absolute atomic E-state index is 12.5. The number of nitrogens with zero attached hydrogens (tertiary/aromatic N) is 1. The number of benzene rings is 1. The quantitative estimate of drug-likeness (QED) is 0.879. The topological polar surface area (TPSA) is 69.6 Å². The minimum atomic E-state index is -0.929. The first-order valence-electron chi connectivity index (χ1n) is 7.50. The minimum absolute atomic E-state index is 0.0701. The minimum Gasteiger partial charge on any atom is -0.480 e. The molecular formula is C16H20N2O3. The molecule has 1 amide bonds. The van der Waals surface area contributed by atoms with E-state index < -0.39 is 12.0 Å². The highest BCUT2D eigenvalue weighted by molar-refractivity contribution is 6.01. The number of fused-ring (bicyclic) bond motifs is 1. The molecule has 2 aliphatic rings. The second-order valence-electron chi connectivity index (χ2n) is 5.85. The standard InChI is InChI=1S/C16H20N2O3/c19-15(6-5-11-7-8-17-10-11)18-13-4-2-1-3-12(13)9-14(18)16(20)21/h1-4,11,14,17H,5-10H2,(H,20,21)/t11?,14-/m0/s1. The number of carbonyl (C=O) groups excluding carboxylic acids is 1. The summed E-state index contributed by atoms with van der Waals surface area (Å²) < 4.78 is 0. The highest BCUT2D eigenvalue weighted by atomic mass is 16.4. The van der Waals surface area contributed by atoms with Gasteiger partial charge in [0.05, 0.1) is 0 Å². The molecule has 0 spiro atoms. The lowest BCUT2D eigenvalue weighted by Crippen LogP contribution is -2.42. The van der Waals surface area contributed by atoms with Gasteiger partial charge in [-0.2, -0.15) is 0 Å². The number of hydrogen-bond donors (Lipinski definition) is 2. The van der Waals surface area contributed by atoms with Crippen LogP contribution in [0, 0.1) is 5.92 Å². The van der Waals surface area contributed by atoms with Gasteiger partial charge in [0.25, 0.3) is 0 Å². The number of rotatable bonds is 4. The highest BCUT2D eigenvalue weighted by Gasteiger charge is 2.38. The Morgan fingerprint density at radius 1 is 1.33 bits per heavy atom. The first kappa shape index (κ1) is 14.1. The molecule has 112 valence electrons. The van der Waals surface area contributed by atoms with E-state index in [1.165, 1.54) is 4.90 Å². The van der Waals surface area contributed by atoms with Gasteiger partial charge in [-0.1, -0.05) is 18.2 Å². The molecule has 0 aromatic heterocycles. The molecule has 3 rings (SSSR count). The molecule has 0 saturated carbocycles. The summed E-state index contributed by atoms with van der Waals surface area (Å²) in [5.74, 6) is -0.462. The van der Waals surface area contributed by atoms with E-state index in [2.05, 4.69) is 5.32 Å². The summed E-state index contributed by atoms with van der Waals surface area (Å²) in [5, 5.41) is 12.7. The van der Waals surface area contributed by atoms with E-state index >= 15 is 0 Å². The number of carbonyl (C=O) groups is 2. The van der Waals surface area contributed by atoms with E-state index in [9.17, 15) is 14.7 Å². The largest absolute Gasteiger partial charge is 0.480 e. The van der Waals surface area contributed by atoms with Gasteiger partial charge in [-0.25, -0.2) is 4.79 Å². The number of nitrogens with one attached hydrogen (secondary N) is 1. The van der Waals surface area contributed by atoms with Crippen molar-refractivity contribution >= 4 is 17.6 Å². The van der Waals surface area contributed by atoms with Crippen LogP contribution in [-0.2, 0) is 16.0 Å². The summed E-state index contributed by atoms with van der Waals surface area (Å²) in [6.45, 7) is 1.98. The Morgan fingerprint density at radius 2 is 2.14 bits per heavy atom. The number of amides is 1. The van der Waals surface area contributed by atoms with Gasteiger partial charge in [0.2, 0.25) is 5.91 Å². The van der Waals surface area contributed by atoms with E-state index in [0.717, 1.165) is 37.2 Å². The third kappa shape index (κ3) is 2.78. The molecule has 1 unspecified atom stereocenters. The zero-order chi connectivity index (χ0) is 14.8. The normalized spacial score (nSPS) is 24.1. The molecular weight excluding hydrogens is 268 g/mol. The van der Waals surface area contributed by atoms with E-state index in [4.69, 9.17) is 0 Å². The number of carboxylic acids is 1. The van der Waals surface area contributed by atoms with Crippen molar-refractivity contribution in [2.24, 2.45) is 5.92 Å². The number of carboxylic acid groups (broad SMARTS) is 1. The first-order chi connectivity index (χ1) is 10.2. The van der Waals surface area contributed by atoms with Crippen LogP contribution in [0.15, 0.2) is 24.3 Å². The highest BCUT2D eigenvalue weighted by Crippen LogP contribution is 2.33. The van der Waals surface area contributed by atoms with Crippen molar-refractivity contribution in [1.82, 2.24) is 5.32 Å². The smallest absolute Gasteiger partial charge is 0.327 e. The molecule has 1 aromatic carbocycles. The average Bonchev–Trinajstić information content (AvgIpc) is 3.11. The van der Waals surface area contributed by atoms with Crippen molar-refractivity contribution in [3.63, 3.8) is 0 Å². The number of para-hydroxylation sites is 1. The van der Waals surface area contributed by atoms with Gasteiger partial charge in [0.1, 0.15) is 6.04 Å². The summed E-state index contributed by atoms with van der Waals surface area (Å²) in [5.41, 5.74) is 1.71. The van der Waals surface area contributed by atoms with E-state index in [1.807, 2.05) is 24.3 Å². The lowest BCUT2D eigenvalue weighted by atomic mass is 10.0. The molecule has 21 heavy (non-hydrogen) atoms. The fourth-order valence-corrected chi connectivity index (χ4v) is 3.30. The van der Waals surface area contributed by atoms with Crippen LogP contribution < -0.4 is 10.2 Å². The van der Waals surface area contributed by atoms with Crippen LogP contribution in [0.3, 0.4) is 0 Å². The first-order valence-corrected chi connectivity index (χ1v) is 7.50. The molecule has 2 aliphatic heterocycles. The van der Waals surface area contributed by atoms with Crippen molar-refractivity contribution in [1.29, 1.82) is 0 Å². The second kappa shape index (κ2) is 5.85. The van der Waals surface area contributed by atoms with Gasteiger partial charge in [-0.05, 0) is 43.5 Å². The summed E-state index contributed by atoms with van der Waals surface area (Å²) in [4.78, 5) is 25.4. The Kier molecular flexibility index (Phi) is 3.92. The molecule has 0 bridgehead atoms. The number of aliphatic carboxylic acids is 1. The predicted octanol–water partition coefficient (Wildman–Crippen LogP) is 1.42. The van der Waals surface area contributed by atoms with Crippen LogP contribution >= 0.6 is 0 Å².